The van der Waals surface area contributed by atoms with Crippen LogP contribution in [0.4, 0.5) is 0 Å². The third-order valence-electron chi connectivity index (χ3n) is 3.47. The zero-order valence-electron chi connectivity index (χ0n) is 13.7. The minimum Gasteiger partial charge on any atom is -0.377 e. The number of fused-ring (bicyclic) bond motifs is 1. The number of aromatic nitrogens is 4. The molecule has 0 aliphatic carbocycles. The van der Waals surface area contributed by atoms with E-state index in [-0.39, 0.29) is 18.7 Å². The Morgan fingerprint density at radius 2 is 1.91 bits per heavy atom. The van der Waals surface area contributed by atoms with Gasteiger partial charge in [-0.15, -0.1) is 0 Å². The van der Waals surface area contributed by atoms with Crippen LogP contribution in [0, 0.1) is 0 Å². The van der Waals surface area contributed by atoms with Gasteiger partial charge in [0, 0.05) is 32.8 Å². The van der Waals surface area contributed by atoms with Gasteiger partial charge in [-0.2, -0.15) is 0 Å². The summed E-state index contributed by atoms with van der Waals surface area (Å²) in [5.41, 5.74) is 5.29. The summed E-state index contributed by atoms with van der Waals surface area (Å²) >= 11 is 0. The first-order valence-corrected chi connectivity index (χ1v) is 7.18. The lowest BCUT2D eigenvalue weighted by molar-refractivity contribution is 0.175. The van der Waals surface area contributed by atoms with Crippen molar-refractivity contribution < 1.29 is 4.74 Å². The van der Waals surface area contributed by atoms with Crippen molar-refractivity contribution in [2.45, 2.75) is 46.0 Å². The van der Waals surface area contributed by atoms with E-state index in [1.807, 2.05) is 6.92 Å². The molecule has 2 aromatic rings. The third kappa shape index (κ3) is 2.71. The summed E-state index contributed by atoms with van der Waals surface area (Å²) in [7, 11) is 3.17. The summed E-state index contributed by atoms with van der Waals surface area (Å²) in [5, 5.41) is 0. The van der Waals surface area contributed by atoms with Gasteiger partial charge in [0.1, 0.15) is 12.4 Å². The maximum absolute atomic E-state index is 12.8. The van der Waals surface area contributed by atoms with Gasteiger partial charge in [0.15, 0.2) is 11.2 Å². The van der Waals surface area contributed by atoms with E-state index in [0.29, 0.717) is 23.5 Å². The molecule has 2 heterocycles. The predicted octanol–water partition coefficient (Wildman–Crippen LogP) is -0.200. The highest BCUT2D eigenvalue weighted by Gasteiger charge is 2.22. The number of imidazole rings is 1. The molecule has 22 heavy (non-hydrogen) atoms. The maximum Gasteiger partial charge on any atom is 0.332 e. The fourth-order valence-corrected chi connectivity index (χ4v) is 2.54. The SMILES string of the molecule is CCn1c(COC)nc2c1c(=O)n(CC(C)(C)N)c(=O)n2C. The Bertz CT molecular complexity index is 807. The Labute approximate surface area is 128 Å². The zero-order chi connectivity index (χ0) is 16.7. The van der Waals surface area contributed by atoms with E-state index < -0.39 is 11.2 Å². The highest BCUT2D eigenvalue weighted by molar-refractivity contribution is 5.71. The van der Waals surface area contributed by atoms with Crippen molar-refractivity contribution in [2.24, 2.45) is 12.8 Å². The molecule has 0 fully saturated rings. The summed E-state index contributed by atoms with van der Waals surface area (Å²) in [4.78, 5) is 29.6. The Balaban J connectivity index is 2.86. The van der Waals surface area contributed by atoms with Gasteiger partial charge < -0.3 is 15.0 Å². The minimum atomic E-state index is -0.671. The average molecular weight is 309 g/mol. The second-order valence-corrected chi connectivity index (χ2v) is 6.10. The Morgan fingerprint density at radius 1 is 1.27 bits per heavy atom. The molecule has 2 aromatic heterocycles. The molecule has 0 aromatic carbocycles. The number of rotatable bonds is 5. The van der Waals surface area contributed by atoms with Crippen molar-refractivity contribution >= 4 is 11.2 Å². The van der Waals surface area contributed by atoms with Crippen LogP contribution in [0.1, 0.15) is 26.6 Å². The number of hydrogen-bond donors (Lipinski definition) is 1. The van der Waals surface area contributed by atoms with Crippen LogP contribution in [-0.2, 0) is 31.5 Å². The molecule has 8 heteroatoms. The molecule has 0 aliphatic heterocycles. The van der Waals surface area contributed by atoms with Gasteiger partial charge in [0.2, 0.25) is 0 Å². The van der Waals surface area contributed by atoms with E-state index in [9.17, 15) is 9.59 Å². The number of nitrogens with two attached hydrogens (primary N) is 1. The first kappa shape index (κ1) is 16.4. The highest BCUT2D eigenvalue weighted by Crippen LogP contribution is 2.12. The van der Waals surface area contributed by atoms with Gasteiger partial charge in [0.25, 0.3) is 5.56 Å². The third-order valence-corrected chi connectivity index (χ3v) is 3.47. The molecule has 0 saturated carbocycles. The standard InChI is InChI=1S/C14H23N5O3/c1-6-18-9(7-22-5)16-11-10(18)12(20)19(8-14(2,3)15)13(21)17(11)4/h6-8,15H2,1-5H3. The molecular formula is C14H23N5O3. The number of aryl methyl sites for hydroxylation is 2. The maximum atomic E-state index is 12.8. The molecule has 122 valence electrons. The van der Waals surface area contributed by atoms with Gasteiger partial charge in [-0.3, -0.25) is 13.9 Å². The van der Waals surface area contributed by atoms with Gasteiger partial charge in [-0.05, 0) is 20.8 Å². The van der Waals surface area contributed by atoms with Crippen molar-refractivity contribution in [3.63, 3.8) is 0 Å². The van der Waals surface area contributed by atoms with Crippen molar-refractivity contribution in [3.05, 3.63) is 26.7 Å². The predicted molar refractivity (Wildman–Crippen MR) is 83.9 cm³/mol. The molecular weight excluding hydrogens is 286 g/mol. The van der Waals surface area contributed by atoms with Crippen LogP contribution in [-0.4, -0.2) is 31.3 Å². The van der Waals surface area contributed by atoms with E-state index in [4.69, 9.17) is 10.5 Å². The van der Waals surface area contributed by atoms with Crippen molar-refractivity contribution in [1.82, 2.24) is 18.7 Å². The average Bonchev–Trinajstić information content (AvgIpc) is 2.79. The van der Waals surface area contributed by atoms with E-state index in [1.54, 1.807) is 32.6 Å². The van der Waals surface area contributed by atoms with Crippen LogP contribution >= 0.6 is 0 Å². The monoisotopic (exact) mass is 309 g/mol. The normalized spacial score (nSPS) is 12.3. The van der Waals surface area contributed by atoms with Gasteiger partial charge in [-0.25, -0.2) is 9.78 Å². The lowest BCUT2D eigenvalue weighted by atomic mass is 10.1. The van der Waals surface area contributed by atoms with E-state index in [0.717, 1.165) is 0 Å². The topological polar surface area (TPSA) is 97.1 Å². The number of methoxy groups -OCH3 is 1. The van der Waals surface area contributed by atoms with Crippen LogP contribution in [0.2, 0.25) is 0 Å². The quantitative estimate of drug-likeness (QED) is 0.825. The molecule has 2 N–H and O–H groups in total. The van der Waals surface area contributed by atoms with E-state index in [2.05, 4.69) is 4.98 Å². The smallest absolute Gasteiger partial charge is 0.332 e. The molecule has 0 spiro atoms. The summed E-state index contributed by atoms with van der Waals surface area (Å²) in [6.07, 6.45) is 0. The van der Waals surface area contributed by atoms with Crippen LogP contribution in [0.5, 0.6) is 0 Å². The summed E-state index contributed by atoms with van der Waals surface area (Å²) < 4.78 is 9.46. The molecule has 2 rings (SSSR count). The number of ether oxygens (including phenoxy) is 1. The van der Waals surface area contributed by atoms with E-state index in [1.165, 1.54) is 9.13 Å². The Morgan fingerprint density at radius 3 is 2.41 bits per heavy atom. The Hall–Kier alpha value is -1.93. The largest absolute Gasteiger partial charge is 0.377 e. The molecule has 0 radical (unpaired) electrons. The molecule has 8 nitrogen and oxygen atoms in total. The highest BCUT2D eigenvalue weighted by atomic mass is 16.5. The fourth-order valence-electron chi connectivity index (χ4n) is 2.54. The van der Waals surface area contributed by atoms with Crippen molar-refractivity contribution in [1.29, 1.82) is 0 Å². The van der Waals surface area contributed by atoms with Crippen LogP contribution < -0.4 is 17.0 Å². The molecule has 0 atom stereocenters. The first-order chi connectivity index (χ1) is 10.2. The van der Waals surface area contributed by atoms with Crippen LogP contribution in [0.3, 0.4) is 0 Å². The molecule has 0 unspecified atom stereocenters. The number of hydrogen-bond acceptors (Lipinski definition) is 5. The summed E-state index contributed by atoms with van der Waals surface area (Å²) in [5.74, 6) is 0.622. The van der Waals surface area contributed by atoms with Crippen LogP contribution in [0.15, 0.2) is 9.59 Å². The summed E-state index contributed by atoms with van der Waals surface area (Å²) in [6, 6.07) is 0. The minimum absolute atomic E-state index is 0.142. The number of nitrogens with zero attached hydrogens (tertiary/aromatic N) is 4. The fraction of sp³-hybridized carbons (Fsp3) is 0.643. The molecule has 0 saturated heterocycles. The Kier molecular flexibility index (Phi) is 4.25. The van der Waals surface area contributed by atoms with Crippen molar-refractivity contribution in [3.8, 4) is 0 Å². The van der Waals surface area contributed by atoms with Crippen LogP contribution in [0.25, 0.3) is 11.2 Å². The zero-order valence-corrected chi connectivity index (χ0v) is 13.7. The van der Waals surface area contributed by atoms with E-state index >= 15 is 0 Å². The van der Waals surface area contributed by atoms with Gasteiger partial charge >= 0.3 is 5.69 Å². The van der Waals surface area contributed by atoms with Gasteiger partial charge in [0.05, 0.1) is 0 Å². The molecule has 0 bridgehead atoms. The first-order valence-electron chi connectivity index (χ1n) is 7.18. The second-order valence-electron chi connectivity index (χ2n) is 6.10. The van der Waals surface area contributed by atoms with Crippen molar-refractivity contribution in [2.75, 3.05) is 7.11 Å². The second kappa shape index (κ2) is 5.69. The molecule has 0 amide bonds. The lowest BCUT2D eigenvalue weighted by Gasteiger charge is -2.19. The molecule has 0 aliphatic rings. The lowest BCUT2D eigenvalue weighted by Crippen LogP contribution is -2.48. The summed E-state index contributed by atoms with van der Waals surface area (Å²) in [6.45, 7) is 6.45. The van der Waals surface area contributed by atoms with Gasteiger partial charge in [-0.1, -0.05) is 0 Å².